The van der Waals surface area contributed by atoms with Gasteiger partial charge in [-0.25, -0.2) is 0 Å². The highest BCUT2D eigenvalue weighted by Gasteiger charge is 2.20. The van der Waals surface area contributed by atoms with Gasteiger partial charge in [0, 0.05) is 37.0 Å². The van der Waals surface area contributed by atoms with Crippen LogP contribution in [-0.2, 0) is 6.54 Å². The topological polar surface area (TPSA) is 27.4 Å². The lowest BCUT2D eigenvalue weighted by atomic mass is 9.95. The Kier molecular flexibility index (Phi) is 6.68. The summed E-state index contributed by atoms with van der Waals surface area (Å²) in [6.45, 7) is 5.49. The third-order valence-electron chi connectivity index (χ3n) is 5.27. The van der Waals surface area contributed by atoms with Crippen LogP contribution in [0.25, 0.3) is 32.9 Å². The molecule has 0 aliphatic heterocycles. The van der Waals surface area contributed by atoms with Crippen LogP contribution in [0.5, 0.6) is 0 Å². The average molecular weight is 449 g/mol. The second-order valence-electron chi connectivity index (χ2n) is 7.00. The van der Waals surface area contributed by atoms with Gasteiger partial charge in [0.15, 0.2) is 6.54 Å². The van der Waals surface area contributed by atoms with Crippen molar-refractivity contribution in [1.82, 2.24) is 0 Å². The van der Waals surface area contributed by atoms with Gasteiger partial charge in [0.25, 0.3) is 0 Å². The molecule has 0 saturated carbocycles. The number of halogens is 1. The maximum atomic E-state index is 9.19. The Balaban J connectivity index is 0.00000240. The SMILES string of the molecule is C=CC[n+]1c2ccccc2c(-c2ccc(N(C)CCO)cc2)c2ccccc21.[Br-]. The van der Waals surface area contributed by atoms with E-state index < -0.39 is 0 Å². The van der Waals surface area contributed by atoms with Gasteiger partial charge in [-0.1, -0.05) is 43.0 Å². The van der Waals surface area contributed by atoms with Crippen molar-refractivity contribution in [2.75, 3.05) is 25.1 Å². The number of benzene rings is 3. The summed E-state index contributed by atoms with van der Waals surface area (Å²) in [5, 5.41) is 11.7. The molecule has 0 bridgehead atoms. The minimum absolute atomic E-state index is 0. The molecule has 0 aliphatic carbocycles. The molecule has 4 aromatic rings. The van der Waals surface area contributed by atoms with Crippen LogP contribution in [-0.4, -0.2) is 25.3 Å². The molecule has 0 unspecified atom stereocenters. The summed E-state index contributed by atoms with van der Waals surface area (Å²) in [6.07, 6.45) is 1.95. The predicted octanol–water partition coefficient (Wildman–Crippen LogP) is 1.57. The third-order valence-corrected chi connectivity index (χ3v) is 5.27. The van der Waals surface area contributed by atoms with Gasteiger partial charge >= 0.3 is 0 Å². The molecular formula is C25H25BrN2O. The molecule has 148 valence electrons. The highest BCUT2D eigenvalue weighted by molar-refractivity contribution is 6.07. The molecule has 1 N–H and O–H groups in total. The largest absolute Gasteiger partial charge is 1.00 e. The lowest BCUT2D eigenvalue weighted by molar-refractivity contribution is -0.634. The van der Waals surface area contributed by atoms with E-state index in [0.29, 0.717) is 6.54 Å². The number of aliphatic hydroxyl groups is 1. The summed E-state index contributed by atoms with van der Waals surface area (Å²) in [5.74, 6) is 0. The highest BCUT2D eigenvalue weighted by Crippen LogP contribution is 2.34. The lowest BCUT2D eigenvalue weighted by Gasteiger charge is -2.18. The molecule has 0 fully saturated rings. The van der Waals surface area contributed by atoms with Crippen molar-refractivity contribution >= 4 is 27.5 Å². The number of aliphatic hydroxyl groups excluding tert-OH is 1. The molecule has 0 atom stereocenters. The molecule has 4 heteroatoms. The maximum Gasteiger partial charge on any atom is 0.213 e. The zero-order valence-corrected chi connectivity index (χ0v) is 18.1. The molecular weight excluding hydrogens is 424 g/mol. The first-order valence-electron chi connectivity index (χ1n) is 9.61. The Hall–Kier alpha value is -2.69. The number of para-hydroxylation sites is 2. The smallest absolute Gasteiger partial charge is 0.213 e. The van der Waals surface area contributed by atoms with Crippen molar-refractivity contribution < 1.29 is 26.7 Å². The zero-order valence-electron chi connectivity index (χ0n) is 16.6. The van der Waals surface area contributed by atoms with Crippen LogP contribution < -0.4 is 26.4 Å². The fourth-order valence-corrected chi connectivity index (χ4v) is 3.91. The standard InChI is InChI=1S/C25H25N2O.BrH/c1-3-16-27-23-10-6-4-8-21(23)25(22-9-5-7-11-24(22)27)19-12-14-20(15-13-19)26(2)17-18-28;/h3-15,28H,1,16-18H2,2H3;1H/q+1;/p-1. The van der Waals surface area contributed by atoms with Crippen molar-refractivity contribution in [3.05, 3.63) is 85.5 Å². The number of likely N-dealkylation sites (N-methyl/N-ethyl adjacent to an activating group) is 1. The molecule has 0 amide bonds. The van der Waals surface area contributed by atoms with E-state index in [1.165, 1.54) is 32.9 Å². The summed E-state index contributed by atoms with van der Waals surface area (Å²) in [4.78, 5) is 2.06. The van der Waals surface area contributed by atoms with E-state index in [4.69, 9.17) is 0 Å². The van der Waals surface area contributed by atoms with Gasteiger partial charge in [0.05, 0.1) is 17.4 Å². The Labute approximate surface area is 182 Å². The van der Waals surface area contributed by atoms with Crippen LogP contribution >= 0.6 is 0 Å². The van der Waals surface area contributed by atoms with Crippen LogP contribution in [0.2, 0.25) is 0 Å². The molecule has 3 aromatic carbocycles. The van der Waals surface area contributed by atoms with Gasteiger partial charge in [-0.05, 0) is 35.9 Å². The average Bonchev–Trinajstić information content (AvgIpc) is 2.74. The second-order valence-corrected chi connectivity index (χ2v) is 7.00. The molecule has 0 spiro atoms. The number of hydrogen-bond acceptors (Lipinski definition) is 2. The van der Waals surface area contributed by atoms with Crippen molar-refractivity contribution in [2.45, 2.75) is 6.54 Å². The van der Waals surface area contributed by atoms with Crippen molar-refractivity contribution in [3.8, 4) is 11.1 Å². The minimum atomic E-state index is 0. The van der Waals surface area contributed by atoms with Gasteiger partial charge in [0.2, 0.25) is 11.0 Å². The minimum Gasteiger partial charge on any atom is -1.00 e. The number of fused-ring (bicyclic) bond motifs is 2. The zero-order chi connectivity index (χ0) is 19.5. The molecule has 0 saturated heterocycles. The number of pyridine rings is 1. The Morgan fingerprint density at radius 3 is 1.97 bits per heavy atom. The van der Waals surface area contributed by atoms with E-state index in [-0.39, 0.29) is 23.6 Å². The molecule has 29 heavy (non-hydrogen) atoms. The number of hydrogen-bond donors (Lipinski definition) is 1. The summed E-state index contributed by atoms with van der Waals surface area (Å²) in [5.41, 5.74) is 5.96. The van der Waals surface area contributed by atoms with Crippen molar-refractivity contribution in [2.24, 2.45) is 0 Å². The van der Waals surface area contributed by atoms with E-state index in [0.717, 1.165) is 12.2 Å². The number of rotatable bonds is 6. The first-order chi connectivity index (χ1) is 13.7. The van der Waals surface area contributed by atoms with Crippen LogP contribution in [0, 0.1) is 0 Å². The molecule has 1 aromatic heterocycles. The molecule has 3 nitrogen and oxygen atoms in total. The molecule has 4 rings (SSSR count). The second kappa shape index (κ2) is 9.21. The van der Waals surface area contributed by atoms with Gasteiger partial charge in [0.1, 0.15) is 0 Å². The summed E-state index contributed by atoms with van der Waals surface area (Å²) < 4.78 is 2.32. The normalized spacial score (nSPS) is 10.7. The monoisotopic (exact) mass is 448 g/mol. The fraction of sp³-hybridized carbons (Fsp3) is 0.160. The van der Waals surface area contributed by atoms with Gasteiger partial charge < -0.3 is 27.0 Å². The Morgan fingerprint density at radius 1 is 0.897 bits per heavy atom. The Morgan fingerprint density at radius 2 is 1.45 bits per heavy atom. The predicted molar refractivity (Wildman–Crippen MR) is 118 cm³/mol. The summed E-state index contributed by atoms with van der Waals surface area (Å²) in [6, 6.07) is 25.7. The van der Waals surface area contributed by atoms with Crippen LogP contribution in [0.15, 0.2) is 85.5 Å². The molecule has 0 aliphatic rings. The Bertz CT molecular complexity index is 1080. The van der Waals surface area contributed by atoms with Crippen molar-refractivity contribution in [3.63, 3.8) is 0 Å². The number of aromatic nitrogens is 1. The number of nitrogens with zero attached hydrogens (tertiary/aromatic N) is 2. The quantitative estimate of drug-likeness (QED) is 0.275. The van der Waals surface area contributed by atoms with Crippen molar-refractivity contribution in [1.29, 1.82) is 0 Å². The highest BCUT2D eigenvalue weighted by atomic mass is 79.9. The molecule has 0 radical (unpaired) electrons. The molecule has 1 heterocycles. The maximum absolute atomic E-state index is 9.19. The van der Waals surface area contributed by atoms with Crippen LogP contribution in [0.4, 0.5) is 5.69 Å². The summed E-state index contributed by atoms with van der Waals surface area (Å²) in [7, 11) is 2.00. The van der Waals surface area contributed by atoms with Gasteiger partial charge in [-0.2, -0.15) is 4.57 Å². The van der Waals surface area contributed by atoms with Crippen LogP contribution in [0.3, 0.4) is 0 Å². The summed E-state index contributed by atoms with van der Waals surface area (Å²) >= 11 is 0. The third kappa shape index (κ3) is 3.91. The fourth-order valence-electron chi connectivity index (χ4n) is 3.91. The van der Waals surface area contributed by atoms with E-state index in [2.05, 4.69) is 88.8 Å². The van der Waals surface area contributed by atoms with E-state index >= 15 is 0 Å². The van der Waals surface area contributed by atoms with Crippen LogP contribution in [0.1, 0.15) is 0 Å². The number of anilines is 1. The van der Waals surface area contributed by atoms with E-state index in [1.807, 2.05) is 13.1 Å². The lowest BCUT2D eigenvalue weighted by Crippen LogP contribution is -3.00. The van der Waals surface area contributed by atoms with E-state index in [1.54, 1.807) is 0 Å². The number of allylic oxidation sites excluding steroid dienone is 1. The first kappa shape index (κ1) is 21.0. The first-order valence-corrected chi connectivity index (χ1v) is 9.61. The van der Waals surface area contributed by atoms with Gasteiger partial charge in [-0.3, -0.25) is 0 Å². The van der Waals surface area contributed by atoms with Gasteiger partial charge in [-0.15, -0.1) is 0 Å². The van der Waals surface area contributed by atoms with E-state index in [9.17, 15) is 5.11 Å².